The van der Waals surface area contributed by atoms with Gasteiger partial charge in [-0.25, -0.2) is 0 Å². The first kappa shape index (κ1) is 6.18. The topological polar surface area (TPSA) is 33.0 Å². The van der Waals surface area contributed by atoms with Gasteiger partial charge in [0.1, 0.15) is 0 Å². The zero-order chi connectivity index (χ0) is 7.24. The molecule has 1 aliphatic carbocycles. The lowest BCUT2D eigenvalue weighted by molar-refractivity contribution is -0.192. The summed E-state index contributed by atoms with van der Waals surface area (Å²) in [4.78, 5) is 0. The van der Waals surface area contributed by atoms with Gasteiger partial charge in [-0.3, -0.25) is 0 Å². The van der Waals surface area contributed by atoms with Crippen LogP contribution in [0.25, 0.3) is 0 Å². The van der Waals surface area contributed by atoms with Gasteiger partial charge < -0.3 is 4.74 Å². The Kier molecular flexibility index (Phi) is 0.952. The van der Waals surface area contributed by atoms with Gasteiger partial charge in [0, 0.05) is 6.61 Å². The molecule has 1 saturated carbocycles. The molecule has 3 rings (SSSR count). The van der Waals surface area contributed by atoms with Gasteiger partial charge in [0.2, 0.25) is 0 Å². The minimum atomic E-state index is 0.00694. The molecule has 10 heavy (non-hydrogen) atoms. The van der Waals surface area contributed by atoms with Crippen LogP contribution < -0.4 is 0 Å². The SMILES string of the molecule is CC12CC(C#N)(CCO1)C2. The van der Waals surface area contributed by atoms with Crippen molar-refractivity contribution in [3.8, 4) is 6.07 Å². The van der Waals surface area contributed by atoms with Gasteiger partial charge in [-0.05, 0) is 26.2 Å². The van der Waals surface area contributed by atoms with Crippen LogP contribution in [-0.4, -0.2) is 12.2 Å². The van der Waals surface area contributed by atoms with Gasteiger partial charge in [0.15, 0.2) is 0 Å². The lowest BCUT2D eigenvalue weighted by Crippen LogP contribution is -2.55. The normalized spacial score (nSPS) is 51.2. The molecule has 0 amide bonds. The van der Waals surface area contributed by atoms with E-state index in [0.29, 0.717) is 0 Å². The van der Waals surface area contributed by atoms with E-state index in [4.69, 9.17) is 10.00 Å². The molecule has 0 aromatic heterocycles. The van der Waals surface area contributed by atoms with Gasteiger partial charge in [0.25, 0.3) is 0 Å². The molecular weight excluding hydrogens is 126 g/mol. The van der Waals surface area contributed by atoms with Crippen molar-refractivity contribution in [2.45, 2.75) is 31.8 Å². The second-order valence-corrected chi connectivity index (χ2v) is 3.79. The fraction of sp³-hybridized carbons (Fsp3) is 0.875. The number of hydrogen-bond acceptors (Lipinski definition) is 2. The largest absolute Gasteiger partial charge is 0.375 e. The van der Waals surface area contributed by atoms with Crippen LogP contribution in [0.4, 0.5) is 0 Å². The first-order valence-corrected chi connectivity index (χ1v) is 3.73. The van der Waals surface area contributed by atoms with Crippen molar-refractivity contribution in [1.29, 1.82) is 5.26 Å². The fourth-order valence-electron chi connectivity index (χ4n) is 2.29. The van der Waals surface area contributed by atoms with Crippen LogP contribution in [0.1, 0.15) is 26.2 Å². The molecule has 2 heteroatoms. The number of nitrogens with zero attached hydrogens (tertiary/aromatic N) is 1. The highest BCUT2D eigenvalue weighted by molar-refractivity contribution is 5.16. The third kappa shape index (κ3) is 0.615. The van der Waals surface area contributed by atoms with Crippen molar-refractivity contribution in [3.05, 3.63) is 0 Å². The summed E-state index contributed by atoms with van der Waals surface area (Å²) in [6, 6.07) is 2.39. The molecule has 54 valence electrons. The summed E-state index contributed by atoms with van der Waals surface area (Å²) in [5, 5.41) is 8.80. The molecule has 0 spiro atoms. The third-order valence-electron chi connectivity index (χ3n) is 2.69. The van der Waals surface area contributed by atoms with E-state index in [1.165, 1.54) is 0 Å². The average molecular weight is 137 g/mol. The predicted molar refractivity (Wildman–Crippen MR) is 36.3 cm³/mol. The first-order chi connectivity index (χ1) is 4.68. The lowest BCUT2D eigenvalue weighted by Gasteiger charge is -2.54. The highest BCUT2D eigenvalue weighted by atomic mass is 16.5. The molecule has 2 nitrogen and oxygen atoms in total. The molecule has 2 saturated heterocycles. The molecule has 0 atom stereocenters. The molecule has 3 aliphatic rings. The van der Waals surface area contributed by atoms with Crippen molar-refractivity contribution in [2.75, 3.05) is 6.61 Å². The summed E-state index contributed by atoms with van der Waals surface area (Å²) >= 11 is 0. The van der Waals surface area contributed by atoms with Crippen LogP contribution >= 0.6 is 0 Å². The summed E-state index contributed by atoms with van der Waals surface area (Å²) in [6.45, 7) is 2.88. The smallest absolute Gasteiger partial charge is 0.0692 e. The third-order valence-corrected chi connectivity index (χ3v) is 2.69. The standard InChI is InChI=1S/C8H11NO/c1-7-4-8(5-7,6-9)2-3-10-7/h2-5H2,1H3. The summed E-state index contributed by atoms with van der Waals surface area (Å²) in [5.41, 5.74) is 0.0704. The maximum Gasteiger partial charge on any atom is 0.0692 e. The van der Waals surface area contributed by atoms with Crippen LogP contribution in [0, 0.1) is 16.7 Å². The van der Waals surface area contributed by atoms with Crippen LogP contribution in [-0.2, 0) is 4.74 Å². The van der Waals surface area contributed by atoms with Gasteiger partial charge in [0.05, 0.1) is 17.1 Å². The van der Waals surface area contributed by atoms with Crippen molar-refractivity contribution in [1.82, 2.24) is 0 Å². The van der Waals surface area contributed by atoms with Gasteiger partial charge in [-0.15, -0.1) is 0 Å². The van der Waals surface area contributed by atoms with E-state index in [-0.39, 0.29) is 11.0 Å². The van der Waals surface area contributed by atoms with E-state index in [1.807, 2.05) is 0 Å². The second-order valence-electron chi connectivity index (χ2n) is 3.79. The van der Waals surface area contributed by atoms with Crippen LogP contribution in [0.2, 0.25) is 0 Å². The molecule has 0 aromatic carbocycles. The Balaban J connectivity index is 2.17. The summed E-state index contributed by atoms with van der Waals surface area (Å²) in [5.74, 6) is 0. The number of ether oxygens (including phenoxy) is 1. The van der Waals surface area contributed by atoms with E-state index < -0.39 is 0 Å². The van der Waals surface area contributed by atoms with E-state index in [1.54, 1.807) is 0 Å². The minimum Gasteiger partial charge on any atom is -0.375 e. The van der Waals surface area contributed by atoms with E-state index in [9.17, 15) is 0 Å². The Morgan fingerprint density at radius 2 is 2.20 bits per heavy atom. The monoisotopic (exact) mass is 137 g/mol. The molecule has 2 bridgehead atoms. The Morgan fingerprint density at radius 3 is 2.60 bits per heavy atom. The van der Waals surface area contributed by atoms with E-state index in [0.717, 1.165) is 25.9 Å². The van der Waals surface area contributed by atoms with Crippen LogP contribution in [0.3, 0.4) is 0 Å². The van der Waals surface area contributed by atoms with Crippen molar-refractivity contribution in [2.24, 2.45) is 5.41 Å². The van der Waals surface area contributed by atoms with Crippen LogP contribution in [0.15, 0.2) is 0 Å². The zero-order valence-electron chi connectivity index (χ0n) is 6.18. The summed E-state index contributed by atoms with van der Waals surface area (Å²) in [6.07, 6.45) is 2.85. The summed E-state index contributed by atoms with van der Waals surface area (Å²) < 4.78 is 5.51. The Morgan fingerprint density at radius 1 is 1.50 bits per heavy atom. The Bertz CT molecular complexity index is 198. The number of fused-ring (bicyclic) bond motifs is 2. The molecule has 0 aromatic rings. The van der Waals surface area contributed by atoms with Gasteiger partial charge in [-0.2, -0.15) is 5.26 Å². The molecular formula is C8H11NO. The maximum absolute atomic E-state index is 8.80. The van der Waals surface area contributed by atoms with Crippen molar-refractivity contribution >= 4 is 0 Å². The fourth-order valence-corrected chi connectivity index (χ4v) is 2.29. The quantitative estimate of drug-likeness (QED) is 0.506. The zero-order valence-corrected chi connectivity index (χ0v) is 6.18. The van der Waals surface area contributed by atoms with Crippen molar-refractivity contribution in [3.63, 3.8) is 0 Å². The Labute approximate surface area is 60.8 Å². The van der Waals surface area contributed by atoms with Crippen molar-refractivity contribution < 1.29 is 4.74 Å². The highest BCUT2D eigenvalue weighted by Gasteiger charge is 2.56. The predicted octanol–water partition coefficient (Wildman–Crippen LogP) is 1.47. The lowest BCUT2D eigenvalue weighted by atomic mass is 9.57. The molecule has 0 radical (unpaired) electrons. The molecule has 0 N–H and O–H groups in total. The minimum absolute atomic E-state index is 0.00694. The number of hydrogen-bond donors (Lipinski definition) is 0. The Hall–Kier alpha value is -0.550. The molecule has 2 heterocycles. The highest BCUT2D eigenvalue weighted by Crippen LogP contribution is 2.55. The molecule has 3 fully saturated rings. The second kappa shape index (κ2) is 1.54. The maximum atomic E-state index is 8.80. The van der Waals surface area contributed by atoms with Gasteiger partial charge in [-0.1, -0.05) is 0 Å². The number of nitriles is 1. The van der Waals surface area contributed by atoms with Gasteiger partial charge >= 0.3 is 0 Å². The van der Waals surface area contributed by atoms with Crippen LogP contribution in [0.5, 0.6) is 0 Å². The first-order valence-electron chi connectivity index (χ1n) is 3.73. The number of rotatable bonds is 0. The molecule has 2 aliphatic heterocycles. The van der Waals surface area contributed by atoms with E-state index >= 15 is 0 Å². The molecule has 0 unspecified atom stereocenters. The van der Waals surface area contributed by atoms with E-state index in [2.05, 4.69) is 13.0 Å². The average Bonchev–Trinajstić information content (AvgIpc) is 1.86. The summed E-state index contributed by atoms with van der Waals surface area (Å²) in [7, 11) is 0.